The van der Waals surface area contributed by atoms with E-state index in [1.54, 1.807) is 7.05 Å². The van der Waals surface area contributed by atoms with Crippen LogP contribution >= 0.6 is 0 Å². The Balaban J connectivity index is 2.10. The summed E-state index contributed by atoms with van der Waals surface area (Å²) in [6.45, 7) is 3.84. The Kier molecular flexibility index (Phi) is 5.25. The lowest BCUT2D eigenvalue weighted by Crippen LogP contribution is -2.42. The molecule has 0 saturated heterocycles. The summed E-state index contributed by atoms with van der Waals surface area (Å²) in [5.41, 5.74) is 0. The number of likely N-dealkylation sites (N-methyl/N-ethyl adjacent to an activating group) is 2. The molecule has 1 rings (SSSR count). The molecule has 0 radical (unpaired) electrons. The summed E-state index contributed by atoms with van der Waals surface area (Å²) in [5.74, 6) is 0.619. The van der Waals surface area contributed by atoms with Crippen LogP contribution in [-0.2, 0) is 9.59 Å². The normalized spacial score (nSPS) is 14.6. The van der Waals surface area contributed by atoms with E-state index < -0.39 is 0 Å². The van der Waals surface area contributed by atoms with E-state index in [0.29, 0.717) is 13.1 Å². The van der Waals surface area contributed by atoms with Crippen LogP contribution in [0.15, 0.2) is 0 Å². The minimum Gasteiger partial charge on any atom is -0.355 e. The number of nitrogens with zero attached hydrogens (tertiary/aromatic N) is 1. The van der Waals surface area contributed by atoms with E-state index in [0.717, 1.165) is 12.5 Å². The minimum atomic E-state index is -0.111. The first-order valence-corrected chi connectivity index (χ1v) is 5.84. The Morgan fingerprint density at radius 2 is 2.06 bits per heavy atom. The van der Waals surface area contributed by atoms with E-state index in [1.165, 1.54) is 17.7 Å². The summed E-state index contributed by atoms with van der Waals surface area (Å²) < 4.78 is 0. The van der Waals surface area contributed by atoms with Gasteiger partial charge in [-0.15, -0.1) is 0 Å². The molecule has 2 N–H and O–H groups in total. The van der Waals surface area contributed by atoms with Gasteiger partial charge in [0.1, 0.15) is 0 Å². The molecule has 0 aliphatic heterocycles. The van der Waals surface area contributed by atoms with Crippen molar-refractivity contribution >= 4 is 11.8 Å². The van der Waals surface area contributed by atoms with Crippen molar-refractivity contribution in [2.75, 3.05) is 33.2 Å². The van der Waals surface area contributed by atoms with Gasteiger partial charge in [0.15, 0.2) is 0 Å². The van der Waals surface area contributed by atoms with E-state index in [4.69, 9.17) is 0 Å². The van der Waals surface area contributed by atoms with Crippen LogP contribution in [-0.4, -0.2) is 49.9 Å². The van der Waals surface area contributed by atoms with Crippen molar-refractivity contribution in [2.45, 2.75) is 19.8 Å². The van der Waals surface area contributed by atoms with Gasteiger partial charge >= 0.3 is 0 Å². The summed E-state index contributed by atoms with van der Waals surface area (Å²) in [7, 11) is 1.65. The number of amides is 2. The van der Waals surface area contributed by atoms with Crippen LogP contribution in [0.4, 0.5) is 0 Å². The van der Waals surface area contributed by atoms with E-state index in [-0.39, 0.29) is 18.4 Å². The van der Waals surface area contributed by atoms with E-state index in [1.807, 2.05) is 6.92 Å². The highest BCUT2D eigenvalue weighted by atomic mass is 16.2. The fraction of sp³-hybridized carbons (Fsp3) is 0.818. The number of nitrogens with one attached hydrogen (secondary N) is 2. The van der Waals surface area contributed by atoms with Crippen molar-refractivity contribution in [3.63, 3.8) is 0 Å². The fourth-order valence-electron chi connectivity index (χ4n) is 1.40. The molecule has 0 aromatic carbocycles. The second kappa shape index (κ2) is 6.48. The molecule has 5 heteroatoms. The zero-order valence-corrected chi connectivity index (χ0v) is 10.1. The Morgan fingerprint density at radius 3 is 2.62 bits per heavy atom. The highest BCUT2D eigenvalue weighted by Gasteiger charge is 2.21. The topological polar surface area (TPSA) is 61.4 Å². The van der Waals surface area contributed by atoms with Crippen molar-refractivity contribution in [1.29, 1.82) is 0 Å². The third-order valence-electron chi connectivity index (χ3n) is 2.59. The molecule has 1 aliphatic rings. The molecule has 0 spiro atoms. The molecular weight excluding hydrogens is 206 g/mol. The monoisotopic (exact) mass is 227 g/mol. The van der Waals surface area contributed by atoms with Gasteiger partial charge in [-0.3, -0.25) is 9.59 Å². The van der Waals surface area contributed by atoms with E-state index >= 15 is 0 Å². The number of rotatable bonds is 7. The lowest BCUT2D eigenvalue weighted by molar-refractivity contribution is -0.134. The number of hydrogen-bond donors (Lipinski definition) is 2. The van der Waals surface area contributed by atoms with Crippen LogP contribution in [0, 0.1) is 5.92 Å². The predicted octanol–water partition coefficient (Wildman–Crippen LogP) is -0.419. The molecule has 1 saturated carbocycles. The van der Waals surface area contributed by atoms with E-state index in [2.05, 4.69) is 10.6 Å². The zero-order chi connectivity index (χ0) is 12.0. The van der Waals surface area contributed by atoms with Crippen molar-refractivity contribution in [3.05, 3.63) is 0 Å². The predicted molar refractivity (Wildman–Crippen MR) is 61.9 cm³/mol. The van der Waals surface area contributed by atoms with Crippen LogP contribution < -0.4 is 10.6 Å². The first-order valence-electron chi connectivity index (χ1n) is 5.84. The first kappa shape index (κ1) is 13.0. The smallest absolute Gasteiger partial charge is 0.239 e. The van der Waals surface area contributed by atoms with Crippen LogP contribution in [0.1, 0.15) is 19.8 Å². The molecule has 0 aromatic rings. The van der Waals surface area contributed by atoms with Crippen molar-refractivity contribution in [2.24, 2.45) is 5.92 Å². The lowest BCUT2D eigenvalue weighted by Gasteiger charge is -2.16. The van der Waals surface area contributed by atoms with Gasteiger partial charge in [0.25, 0.3) is 0 Å². The third-order valence-corrected chi connectivity index (χ3v) is 2.59. The molecule has 0 unspecified atom stereocenters. The number of hydrogen-bond acceptors (Lipinski definition) is 3. The molecule has 1 aliphatic carbocycles. The Morgan fingerprint density at radius 1 is 1.38 bits per heavy atom. The molecular formula is C11H21N3O2. The second-order valence-corrected chi connectivity index (χ2v) is 4.28. The maximum atomic E-state index is 11.6. The number of carbonyl (C=O) groups is 2. The van der Waals surface area contributed by atoms with Gasteiger partial charge in [-0.05, 0) is 32.2 Å². The van der Waals surface area contributed by atoms with Gasteiger partial charge in [-0.2, -0.15) is 0 Å². The van der Waals surface area contributed by atoms with Crippen LogP contribution in [0.25, 0.3) is 0 Å². The van der Waals surface area contributed by atoms with Gasteiger partial charge < -0.3 is 15.5 Å². The summed E-state index contributed by atoms with van der Waals surface area (Å²) in [6.07, 6.45) is 2.55. The molecule has 0 aromatic heterocycles. The molecule has 92 valence electrons. The highest BCUT2D eigenvalue weighted by Crippen LogP contribution is 2.27. The molecule has 1 fully saturated rings. The average molecular weight is 227 g/mol. The van der Waals surface area contributed by atoms with E-state index in [9.17, 15) is 9.59 Å². The van der Waals surface area contributed by atoms with Gasteiger partial charge in [0, 0.05) is 13.6 Å². The quantitative estimate of drug-likeness (QED) is 0.621. The van der Waals surface area contributed by atoms with Crippen LogP contribution in [0.2, 0.25) is 0 Å². The van der Waals surface area contributed by atoms with Crippen molar-refractivity contribution in [3.8, 4) is 0 Å². The third kappa shape index (κ3) is 5.11. The fourth-order valence-corrected chi connectivity index (χ4v) is 1.40. The standard InChI is InChI=1S/C11H21N3O2/c1-3-13-10(15)8-14(2)11(16)7-12-6-9-4-5-9/h9,12H,3-8H2,1-2H3,(H,13,15). The highest BCUT2D eigenvalue weighted by molar-refractivity contribution is 5.85. The molecule has 0 bridgehead atoms. The molecule has 0 atom stereocenters. The maximum absolute atomic E-state index is 11.6. The largest absolute Gasteiger partial charge is 0.355 e. The lowest BCUT2D eigenvalue weighted by atomic mass is 10.4. The summed E-state index contributed by atoms with van der Waals surface area (Å²) in [5, 5.41) is 5.77. The Bertz CT molecular complexity index is 252. The first-order chi connectivity index (χ1) is 7.63. The molecule has 0 heterocycles. The summed E-state index contributed by atoms with van der Waals surface area (Å²) >= 11 is 0. The van der Waals surface area contributed by atoms with Gasteiger partial charge in [0.05, 0.1) is 13.1 Å². The SMILES string of the molecule is CCNC(=O)CN(C)C(=O)CNCC1CC1. The Hall–Kier alpha value is -1.10. The minimum absolute atomic E-state index is 0.0353. The Labute approximate surface area is 96.6 Å². The van der Waals surface area contributed by atoms with Crippen molar-refractivity contribution in [1.82, 2.24) is 15.5 Å². The van der Waals surface area contributed by atoms with Gasteiger partial charge in [0.2, 0.25) is 11.8 Å². The van der Waals surface area contributed by atoms with Crippen LogP contribution in [0.5, 0.6) is 0 Å². The summed E-state index contributed by atoms with van der Waals surface area (Å²) in [6, 6.07) is 0. The van der Waals surface area contributed by atoms with Gasteiger partial charge in [-0.25, -0.2) is 0 Å². The number of carbonyl (C=O) groups excluding carboxylic acids is 2. The molecule has 2 amide bonds. The maximum Gasteiger partial charge on any atom is 0.239 e. The van der Waals surface area contributed by atoms with Crippen LogP contribution in [0.3, 0.4) is 0 Å². The van der Waals surface area contributed by atoms with Gasteiger partial charge in [-0.1, -0.05) is 0 Å². The molecule has 5 nitrogen and oxygen atoms in total. The average Bonchev–Trinajstić information content (AvgIpc) is 3.01. The second-order valence-electron chi connectivity index (χ2n) is 4.28. The zero-order valence-electron chi connectivity index (χ0n) is 10.1. The van der Waals surface area contributed by atoms with Crippen molar-refractivity contribution < 1.29 is 9.59 Å². The molecule has 16 heavy (non-hydrogen) atoms. The summed E-state index contributed by atoms with van der Waals surface area (Å²) in [4.78, 5) is 24.2.